The zero-order valence-electron chi connectivity index (χ0n) is 8.97. The molecular weight excluding hydrogens is 306 g/mol. The van der Waals surface area contributed by atoms with Crippen molar-refractivity contribution in [3.8, 4) is 11.5 Å². The molecule has 1 aliphatic heterocycles. The molecule has 1 heterocycles. The number of hydrogen-bond donors (Lipinski definition) is 2. The van der Waals surface area contributed by atoms with Crippen molar-refractivity contribution in [1.82, 2.24) is 5.43 Å². The van der Waals surface area contributed by atoms with Gasteiger partial charge in [0.15, 0.2) is 11.5 Å². The number of hydrogen-bond acceptors (Lipinski definition) is 5. The molecule has 0 atom stereocenters. The molecule has 3 N–H and O–H groups in total. The van der Waals surface area contributed by atoms with Crippen molar-refractivity contribution in [2.24, 2.45) is 10.8 Å². The maximum atomic E-state index is 10.8. The average molecular weight is 314 g/mol. The fourth-order valence-electron chi connectivity index (χ4n) is 1.25. The Morgan fingerprint density at radius 3 is 2.72 bits per heavy atom. The summed E-state index contributed by atoms with van der Waals surface area (Å²) in [7, 11) is 0. The van der Waals surface area contributed by atoms with Gasteiger partial charge in [-0.3, -0.25) is 9.59 Å². The minimum atomic E-state index is -1.10. The first-order chi connectivity index (χ1) is 8.58. The van der Waals surface area contributed by atoms with Crippen LogP contribution in [-0.4, -0.2) is 24.8 Å². The Labute approximate surface area is 110 Å². The maximum Gasteiger partial charge on any atom is 0.329 e. The number of amides is 2. The van der Waals surface area contributed by atoms with Crippen LogP contribution >= 0.6 is 15.9 Å². The number of ether oxygens (including phenoxy) is 2. The van der Waals surface area contributed by atoms with Crippen molar-refractivity contribution in [3.05, 3.63) is 22.2 Å². The molecule has 0 aromatic heterocycles. The number of benzene rings is 1. The van der Waals surface area contributed by atoms with Crippen molar-refractivity contribution < 1.29 is 19.1 Å². The van der Waals surface area contributed by atoms with E-state index in [2.05, 4.69) is 21.0 Å². The fourth-order valence-corrected chi connectivity index (χ4v) is 1.67. The Bertz CT molecular complexity index is 544. The van der Waals surface area contributed by atoms with Crippen LogP contribution in [0.15, 0.2) is 21.7 Å². The number of rotatable bonds is 2. The van der Waals surface area contributed by atoms with Gasteiger partial charge >= 0.3 is 11.8 Å². The molecule has 0 fully saturated rings. The van der Waals surface area contributed by atoms with E-state index in [0.717, 1.165) is 0 Å². The Morgan fingerprint density at radius 2 is 2.06 bits per heavy atom. The second-order valence-electron chi connectivity index (χ2n) is 3.29. The average Bonchev–Trinajstić information content (AvgIpc) is 2.75. The molecule has 94 valence electrons. The van der Waals surface area contributed by atoms with Crippen LogP contribution in [0, 0.1) is 0 Å². The number of nitrogens with two attached hydrogens (primary N) is 1. The summed E-state index contributed by atoms with van der Waals surface area (Å²) in [5.41, 5.74) is 7.39. The van der Waals surface area contributed by atoms with E-state index >= 15 is 0 Å². The number of halogens is 1. The van der Waals surface area contributed by atoms with E-state index in [1.165, 1.54) is 6.21 Å². The van der Waals surface area contributed by atoms with Gasteiger partial charge in [-0.15, -0.1) is 0 Å². The largest absolute Gasteiger partial charge is 0.454 e. The SMILES string of the molecule is NC(=O)C(=O)NN=Cc1cc2c(cc1Br)OCO2. The lowest BCUT2D eigenvalue weighted by Crippen LogP contribution is -2.32. The third kappa shape index (κ3) is 2.59. The molecule has 0 spiro atoms. The van der Waals surface area contributed by atoms with Crippen LogP contribution in [-0.2, 0) is 9.59 Å². The third-order valence-corrected chi connectivity index (χ3v) is 2.77. The van der Waals surface area contributed by atoms with Gasteiger partial charge in [-0.2, -0.15) is 5.10 Å². The van der Waals surface area contributed by atoms with Crippen LogP contribution in [0.2, 0.25) is 0 Å². The summed E-state index contributed by atoms with van der Waals surface area (Å²) in [5, 5.41) is 3.60. The normalized spacial score (nSPS) is 12.7. The molecule has 1 aromatic carbocycles. The molecule has 0 aliphatic carbocycles. The van der Waals surface area contributed by atoms with Gasteiger partial charge in [0.25, 0.3) is 0 Å². The minimum absolute atomic E-state index is 0.167. The van der Waals surface area contributed by atoms with Crippen LogP contribution in [0.25, 0.3) is 0 Å². The first-order valence-electron chi connectivity index (χ1n) is 4.80. The predicted molar refractivity (Wildman–Crippen MR) is 65.2 cm³/mol. The van der Waals surface area contributed by atoms with Crippen molar-refractivity contribution in [3.63, 3.8) is 0 Å². The van der Waals surface area contributed by atoms with Gasteiger partial charge in [0.2, 0.25) is 6.79 Å². The third-order valence-electron chi connectivity index (χ3n) is 2.09. The molecule has 0 saturated heterocycles. The van der Waals surface area contributed by atoms with Gasteiger partial charge in [-0.25, -0.2) is 5.43 Å². The van der Waals surface area contributed by atoms with Crippen molar-refractivity contribution in [2.45, 2.75) is 0 Å². The van der Waals surface area contributed by atoms with E-state index in [9.17, 15) is 9.59 Å². The van der Waals surface area contributed by atoms with E-state index in [-0.39, 0.29) is 6.79 Å². The summed E-state index contributed by atoms with van der Waals surface area (Å²) in [4.78, 5) is 21.3. The van der Waals surface area contributed by atoms with Crippen LogP contribution < -0.4 is 20.6 Å². The van der Waals surface area contributed by atoms with Gasteiger partial charge < -0.3 is 15.2 Å². The smallest absolute Gasteiger partial charge is 0.329 e. The van der Waals surface area contributed by atoms with Gasteiger partial charge in [0.05, 0.1) is 6.21 Å². The van der Waals surface area contributed by atoms with E-state index in [4.69, 9.17) is 15.2 Å². The molecule has 2 amide bonds. The quantitative estimate of drug-likeness (QED) is 0.459. The highest BCUT2D eigenvalue weighted by Crippen LogP contribution is 2.36. The molecule has 0 radical (unpaired) electrons. The molecule has 8 heteroatoms. The van der Waals surface area contributed by atoms with Crippen LogP contribution in [0.3, 0.4) is 0 Å². The lowest BCUT2D eigenvalue weighted by atomic mass is 10.2. The van der Waals surface area contributed by atoms with Crippen molar-refractivity contribution in [2.75, 3.05) is 6.79 Å². The number of primary amides is 1. The summed E-state index contributed by atoms with van der Waals surface area (Å²) in [5.74, 6) is -0.874. The Hall–Kier alpha value is -2.09. The molecule has 0 bridgehead atoms. The van der Waals surface area contributed by atoms with E-state index in [0.29, 0.717) is 21.5 Å². The molecule has 18 heavy (non-hydrogen) atoms. The topological polar surface area (TPSA) is 103 Å². The second-order valence-corrected chi connectivity index (χ2v) is 4.14. The summed E-state index contributed by atoms with van der Waals surface area (Å²) < 4.78 is 11.1. The highest BCUT2D eigenvalue weighted by Gasteiger charge is 2.15. The lowest BCUT2D eigenvalue weighted by Gasteiger charge is -2.01. The first kappa shape index (κ1) is 12.4. The number of fused-ring (bicyclic) bond motifs is 1. The Kier molecular flexibility index (Phi) is 3.47. The summed E-state index contributed by atoms with van der Waals surface area (Å²) in [6, 6.07) is 3.41. The molecule has 0 unspecified atom stereocenters. The number of carbonyl (C=O) groups is 2. The highest BCUT2D eigenvalue weighted by atomic mass is 79.9. The van der Waals surface area contributed by atoms with Crippen LogP contribution in [0.1, 0.15) is 5.56 Å². The summed E-state index contributed by atoms with van der Waals surface area (Å²) in [6.07, 6.45) is 1.35. The van der Waals surface area contributed by atoms with Gasteiger partial charge in [0.1, 0.15) is 0 Å². The molecule has 2 rings (SSSR count). The van der Waals surface area contributed by atoms with E-state index in [1.54, 1.807) is 12.1 Å². The zero-order valence-corrected chi connectivity index (χ0v) is 10.6. The second kappa shape index (κ2) is 5.05. The van der Waals surface area contributed by atoms with Crippen molar-refractivity contribution in [1.29, 1.82) is 0 Å². The Balaban J connectivity index is 2.12. The number of nitrogens with one attached hydrogen (secondary N) is 1. The molecular formula is C10H8BrN3O4. The van der Waals surface area contributed by atoms with Gasteiger partial charge in [-0.1, -0.05) is 0 Å². The van der Waals surface area contributed by atoms with Gasteiger partial charge in [0, 0.05) is 10.0 Å². The molecule has 0 saturated carbocycles. The molecule has 1 aliphatic rings. The van der Waals surface area contributed by atoms with Crippen molar-refractivity contribution >= 4 is 34.0 Å². The maximum absolute atomic E-state index is 10.8. The predicted octanol–water partition coefficient (Wildman–Crippen LogP) is 0.113. The highest BCUT2D eigenvalue weighted by molar-refractivity contribution is 9.10. The first-order valence-corrected chi connectivity index (χ1v) is 5.59. The standard InChI is InChI=1S/C10H8BrN3O4/c11-6-2-8-7(17-4-18-8)1-5(6)3-13-14-10(16)9(12)15/h1-3H,4H2,(H2,12,15)(H,14,16). The van der Waals surface area contributed by atoms with E-state index in [1.807, 2.05) is 5.43 Å². The van der Waals surface area contributed by atoms with Crippen LogP contribution in [0.4, 0.5) is 0 Å². The fraction of sp³-hybridized carbons (Fsp3) is 0.100. The monoisotopic (exact) mass is 313 g/mol. The Morgan fingerprint density at radius 1 is 1.39 bits per heavy atom. The number of nitrogens with zero attached hydrogens (tertiary/aromatic N) is 1. The minimum Gasteiger partial charge on any atom is -0.454 e. The van der Waals surface area contributed by atoms with E-state index < -0.39 is 11.8 Å². The summed E-state index contributed by atoms with van der Waals surface area (Å²) >= 11 is 3.31. The zero-order chi connectivity index (χ0) is 13.1. The summed E-state index contributed by atoms with van der Waals surface area (Å²) in [6.45, 7) is 0.167. The van der Waals surface area contributed by atoms with Crippen LogP contribution in [0.5, 0.6) is 11.5 Å². The molecule has 1 aromatic rings. The lowest BCUT2D eigenvalue weighted by molar-refractivity contribution is -0.137. The molecule has 7 nitrogen and oxygen atoms in total. The van der Waals surface area contributed by atoms with Gasteiger partial charge in [-0.05, 0) is 28.1 Å². The number of hydrazone groups is 1. The number of carbonyl (C=O) groups excluding carboxylic acids is 2.